The average Bonchev–Trinajstić information content (AvgIpc) is 2.37. The summed E-state index contributed by atoms with van der Waals surface area (Å²) < 4.78 is 0. The zero-order chi connectivity index (χ0) is 15.2. The Morgan fingerprint density at radius 1 is 1.35 bits per heavy atom. The Kier molecular flexibility index (Phi) is 6.05. The highest BCUT2D eigenvalue weighted by Crippen LogP contribution is 2.29. The lowest BCUT2D eigenvalue weighted by atomic mass is 9.83. The number of hydrogen-bond donors (Lipinski definition) is 2. The van der Waals surface area contributed by atoms with Crippen LogP contribution in [0.3, 0.4) is 0 Å². The number of carboxylic acids is 1. The van der Waals surface area contributed by atoms with Gasteiger partial charge in [0, 0.05) is 26.1 Å². The van der Waals surface area contributed by atoms with Gasteiger partial charge in [0.2, 0.25) is 0 Å². The first kappa shape index (κ1) is 16.5. The Morgan fingerprint density at radius 3 is 2.55 bits per heavy atom. The van der Waals surface area contributed by atoms with Crippen molar-refractivity contribution < 1.29 is 14.7 Å². The number of hydrogen-bond acceptors (Lipinski definition) is 2. The molecular weight excluding hydrogens is 256 g/mol. The van der Waals surface area contributed by atoms with Gasteiger partial charge in [0.1, 0.15) is 0 Å². The van der Waals surface area contributed by atoms with E-state index in [0.717, 1.165) is 13.0 Å². The predicted molar refractivity (Wildman–Crippen MR) is 78.6 cm³/mol. The van der Waals surface area contributed by atoms with E-state index >= 15 is 0 Å². The highest BCUT2D eigenvalue weighted by molar-refractivity contribution is 5.74. The van der Waals surface area contributed by atoms with Crippen LogP contribution in [0.15, 0.2) is 11.6 Å². The first-order chi connectivity index (χ1) is 9.30. The maximum Gasteiger partial charge on any atom is 0.317 e. The van der Waals surface area contributed by atoms with Gasteiger partial charge in [-0.25, -0.2) is 4.79 Å². The van der Waals surface area contributed by atoms with Crippen molar-refractivity contribution in [3.63, 3.8) is 0 Å². The highest BCUT2D eigenvalue weighted by Gasteiger charge is 2.23. The number of rotatable bonds is 5. The number of unbranched alkanes of at least 4 members (excludes halogenated alkanes) is 1. The average molecular weight is 282 g/mol. The van der Waals surface area contributed by atoms with Crippen molar-refractivity contribution in [1.82, 2.24) is 10.2 Å². The second-order valence-electron chi connectivity index (χ2n) is 6.26. The second kappa shape index (κ2) is 7.31. The van der Waals surface area contributed by atoms with Gasteiger partial charge in [-0.2, -0.15) is 0 Å². The number of nitrogens with one attached hydrogen (secondary N) is 1. The Morgan fingerprint density at radius 2 is 2.05 bits per heavy atom. The molecule has 1 rings (SSSR count). The van der Waals surface area contributed by atoms with E-state index < -0.39 is 5.97 Å². The standard InChI is InChI=1S/C15H26N2O3/c1-15(2,3)12-7-10-17(11-8-12)14(20)16-9-5-4-6-13(18)19/h7H,4-6,8-11H2,1-3H3,(H,16,20)(H,18,19). The summed E-state index contributed by atoms with van der Waals surface area (Å²) >= 11 is 0. The molecule has 0 saturated heterocycles. The molecule has 0 spiro atoms. The summed E-state index contributed by atoms with van der Waals surface area (Å²) in [7, 11) is 0. The molecule has 0 fully saturated rings. The normalized spacial score (nSPS) is 15.8. The van der Waals surface area contributed by atoms with E-state index in [1.807, 2.05) is 0 Å². The van der Waals surface area contributed by atoms with E-state index in [1.54, 1.807) is 4.90 Å². The lowest BCUT2D eigenvalue weighted by molar-refractivity contribution is -0.137. The van der Waals surface area contributed by atoms with E-state index in [2.05, 4.69) is 32.2 Å². The van der Waals surface area contributed by atoms with Gasteiger partial charge >= 0.3 is 12.0 Å². The van der Waals surface area contributed by atoms with Gasteiger partial charge in [-0.1, -0.05) is 32.4 Å². The van der Waals surface area contributed by atoms with E-state index in [-0.39, 0.29) is 17.9 Å². The Bertz CT molecular complexity index is 383. The minimum Gasteiger partial charge on any atom is -0.481 e. The molecule has 114 valence electrons. The summed E-state index contributed by atoms with van der Waals surface area (Å²) in [5.41, 5.74) is 1.59. The molecule has 0 atom stereocenters. The summed E-state index contributed by atoms with van der Waals surface area (Å²) in [6.07, 6.45) is 4.54. The van der Waals surface area contributed by atoms with Gasteiger partial charge in [-0.3, -0.25) is 4.79 Å². The van der Waals surface area contributed by atoms with Gasteiger partial charge < -0.3 is 15.3 Å². The van der Waals surface area contributed by atoms with Crippen molar-refractivity contribution in [3.05, 3.63) is 11.6 Å². The van der Waals surface area contributed by atoms with Crippen molar-refractivity contribution in [3.8, 4) is 0 Å². The molecule has 0 aromatic heterocycles. The quantitative estimate of drug-likeness (QED) is 0.601. The molecule has 0 radical (unpaired) electrons. The van der Waals surface area contributed by atoms with Gasteiger partial charge in [0.05, 0.1) is 0 Å². The number of aliphatic carboxylic acids is 1. The molecule has 1 aliphatic heterocycles. The first-order valence-electron chi connectivity index (χ1n) is 7.25. The second-order valence-corrected chi connectivity index (χ2v) is 6.26. The summed E-state index contributed by atoms with van der Waals surface area (Å²) in [6.45, 7) is 8.53. The summed E-state index contributed by atoms with van der Waals surface area (Å²) in [6, 6.07) is -0.0514. The molecule has 5 nitrogen and oxygen atoms in total. The molecular formula is C15H26N2O3. The predicted octanol–water partition coefficient (Wildman–Crippen LogP) is 2.63. The van der Waals surface area contributed by atoms with Crippen LogP contribution in [0.4, 0.5) is 4.79 Å². The number of urea groups is 1. The van der Waals surface area contributed by atoms with E-state index in [0.29, 0.717) is 25.9 Å². The van der Waals surface area contributed by atoms with Crippen LogP contribution in [-0.4, -0.2) is 41.6 Å². The van der Waals surface area contributed by atoms with Crippen LogP contribution in [0.25, 0.3) is 0 Å². The SMILES string of the molecule is CC(C)(C)C1=CCN(C(=O)NCCCCC(=O)O)CC1. The molecule has 20 heavy (non-hydrogen) atoms. The number of carboxylic acid groups (broad SMARTS) is 1. The molecule has 0 aromatic rings. The Balaban J connectivity index is 2.26. The van der Waals surface area contributed by atoms with Gasteiger partial charge in [-0.15, -0.1) is 0 Å². The van der Waals surface area contributed by atoms with Crippen LogP contribution in [0.5, 0.6) is 0 Å². The molecule has 0 aliphatic carbocycles. The smallest absolute Gasteiger partial charge is 0.317 e. The Hall–Kier alpha value is -1.52. The third-order valence-corrected chi connectivity index (χ3v) is 3.55. The summed E-state index contributed by atoms with van der Waals surface area (Å²) in [5, 5.41) is 11.4. The molecule has 2 N–H and O–H groups in total. The molecule has 2 amide bonds. The highest BCUT2D eigenvalue weighted by atomic mass is 16.4. The zero-order valence-corrected chi connectivity index (χ0v) is 12.7. The number of amides is 2. The van der Waals surface area contributed by atoms with Crippen molar-refractivity contribution >= 4 is 12.0 Å². The maximum atomic E-state index is 11.9. The van der Waals surface area contributed by atoms with Gasteiger partial charge in [0.25, 0.3) is 0 Å². The van der Waals surface area contributed by atoms with E-state index in [1.165, 1.54) is 5.57 Å². The number of nitrogens with zero attached hydrogens (tertiary/aromatic N) is 1. The molecule has 0 unspecified atom stereocenters. The number of carbonyl (C=O) groups excluding carboxylic acids is 1. The fraction of sp³-hybridized carbons (Fsp3) is 0.733. The monoisotopic (exact) mass is 282 g/mol. The molecule has 1 heterocycles. The van der Waals surface area contributed by atoms with Crippen LogP contribution >= 0.6 is 0 Å². The van der Waals surface area contributed by atoms with Crippen LogP contribution < -0.4 is 5.32 Å². The van der Waals surface area contributed by atoms with Crippen molar-refractivity contribution in [2.75, 3.05) is 19.6 Å². The zero-order valence-electron chi connectivity index (χ0n) is 12.7. The summed E-state index contributed by atoms with van der Waals surface area (Å²) in [5.74, 6) is -0.785. The molecule has 0 bridgehead atoms. The molecule has 0 aromatic carbocycles. The third-order valence-electron chi connectivity index (χ3n) is 3.55. The van der Waals surface area contributed by atoms with Crippen molar-refractivity contribution in [1.29, 1.82) is 0 Å². The lowest BCUT2D eigenvalue weighted by Crippen LogP contribution is -2.43. The minimum atomic E-state index is -0.785. The van der Waals surface area contributed by atoms with Gasteiger partial charge in [0.15, 0.2) is 0 Å². The fourth-order valence-corrected chi connectivity index (χ4v) is 2.24. The largest absolute Gasteiger partial charge is 0.481 e. The molecule has 0 saturated carbocycles. The number of carbonyl (C=O) groups is 2. The van der Waals surface area contributed by atoms with Gasteiger partial charge in [-0.05, 0) is 24.7 Å². The minimum absolute atomic E-state index is 0.0514. The van der Waals surface area contributed by atoms with Crippen molar-refractivity contribution in [2.24, 2.45) is 5.41 Å². The fourth-order valence-electron chi connectivity index (χ4n) is 2.24. The topological polar surface area (TPSA) is 69.6 Å². The van der Waals surface area contributed by atoms with Crippen LogP contribution in [0.1, 0.15) is 46.5 Å². The van der Waals surface area contributed by atoms with Crippen LogP contribution in [0, 0.1) is 5.41 Å². The first-order valence-corrected chi connectivity index (χ1v) is 7.25. The third kappa shape index (κ3) is 5.63. The van der Waals surface area contributed by atoms with Crippen LogP contribution in [0.2, 0.25) is 0 Å². The van der Waals surface area contributed by atoms with E-state index in [9.17, 15) is 9.59 Å². The lowest BCUT2D eigenvalue weighted by Gasteiger charge is -2.32. The maximum absolute atomic E-state index is 11.9. The van der Waals surface area contributed by atoms with Crippen LogP contribution in [-0.2, 0) is 4.79 Å². The van der Waals surface area contributed by atoms with Crippen molar-refractivity contribution in [2.45, 2.75) is 46.5 Å². The molecule has 5 heteroatoms. The summed E-state index contributed by atoms with van der Waals surface area (Å²) in [4.78, 5) is 24.1. The Labute approximate surface area is 121 Å². The molecule has 1 aliphatic rings. The van der Waals surface area contributed by atoms with E-state index in [4.69, 9.17) is 5.11 Å².